The first-order valence-corrected chi connectivity index (χ1v) is 10.9. The number of carbonyl (C=O) groups excluding carboxylic acids is 1. The minimum absolute atomic E-state index is 0.113. The molecule has 0 aliphatic carbocycles. The Hall–Kier alpha value is -4.15. The molecule has 4 rings (SSSR count). The van der Waals surface area contributed by atoms with Gasteiger partial charge < -0.3 is 18.8 Å². The molecule has 0 unspecified atom stereocenters. The molecular formula is C26H19F6NO4. The number of aromatic nitrogens is 1. The van der Waals surface area contributed by atoms with Gasteiger partial charge in [-0.2, -0.15) is 13.2 Å². The first kappa shape index (κ1) is 25.9. The zero-order valence-corrected chi connectivity index (χ0v) is 19.2. The molecule has 0 amide bonds. The topological polar surface area (TPSA) is 49.7 Å². The SMILES string of the molecule is CCOC(=O)Cc1cc2cc(Oc3ccc(C(F)(F)F)cc3)ccc2n1-c1ccc(OC(F)(F)F)cc1. The summed E-state index contributed by atoms with van der Waals surface area (Å²) in [5.41, 5.74) is 0.788. The predicted molar refractivity (Wildman–Crippen MR) is 122 cm³/mol. The fourth-order valence-corrected chi connectivity index (χ4v) is 3.75. The van der Waals surface area contributed by atoms with Gasteiger partial charge in [0.2, 0.25) is 0 Å². The summed E-state index contributed by atoms with van der Waals surface area (Å²) in [4.78, 5) is 12.2. The number of ether oxygens (including phenoxy) is 3. The van der Waals surface area contributed by atoms with E-state index >= 15 is 0 Å². The molecule has 4 aromatic rings. The van der Waals surface area contributed by atoms with Gasteiger partial charge >= 0.3 is 18.5 Å². The van der Waals surface area contributed by atoms with Crippen LogP contribution in [0.5, 0.6) is 17.2 Å². The minimum Gasteiger partial charge on any atom is -0.466 e. The highest BCUT2D eigenvalue weighted by atomic mass is 19.4. The number of hydrogen-bond donors (Lipinski definition) is 0. The molecule has 0 N–H and O–H groups in total. The van der Waals surface area contributed by atoms with Gasteiger partial charge in [0.25, 0.3) is 0 Å². The van der Waals surface area contributed by atoms with Crippen LogP contribution in [0.15, 0.2) is 72.8 Å². The van der Waals surface area contributed by atoms with Crippen molar-refractivity contribution in [3.63, 3.8) is 0 Å². The third-order valence-corrected chi connectivity index (χ3v) is 5.23. The molecule has 0 spiro atoms. The Morgan fingerprint density at radius 3 is 2.03 bits per heavy atom. The predicted octanol–water partition coefficient (Wildman–Crippen LogP) is 7.45. The Labute approximate surface area is 206 Å². The van der Waals surface area contributed by atoms with Crippen LogP contribution in [0, 0.1) is 0 Å². The van der Waals surface area contributed by atoms with E-state index in [1.807, 2.05) is 0 Å². The van der Waals surface area contributed by atoms with E-state index < -0.39 is 29.8 Å². The average Bonchev–Trinajstić information content (AvgIpc) is 3.15. The van der Waals surface area contributed by atoms with Crippen molar-refractivity contribution in [3.8, 4) is 22.9 Å². The maximum Gasteiger partial charge on any atom is 0.573 e. The Morgan fingerprint density at radius 2 is 1.43 bits per heavy atom. The molecule has 11 heteroatoms. The van der Waals surface area contributed by atoms with Crippen LogP contribution in [-0.2, 0) is 22.1 Å². The Balaban J connectivity index is 1.68. The molecule has 0 radical (unpaired) electrons. The third-order valence-electron chi connectivity index (χ3n) is 5.23. The summed E-state index contributed by atoms with van der Waals surface area (Å²) in [7, 11) is 0. The molecule has 0 bridgehead atoms. The highest BCUT2D eigenvalue weighted by Gasteiger charge is 2.31. The highest BCUT2D eigenvalue weighted by molar-refractivity contribution is 5.86. The Morgan fingerprint density at radius 1 is 0.811 bits per heavy atom. The van der Waals surface area contributed by atoms with Gasteiger partial charge in [-0.25, -0.2) is 0 Å². The Bertz CT molecular complexity index is 1390. The molecule has 1 aromatic heterocycles. The monoisotopic (exact) mass is 523 g/mol. The van der Waals surface area contributed by atoms with Crippen molar-refractivity contribution in [2.45, 2.75) is 25.9 Å². The largest absolute Gasteiger partial charge is 0.573 e. The molecule has 0 aliphatic heterocycles. The fourth-order valence-electron chi connectivity index (χ4n) is 3.75. The van der Waals surface area contributed by atoms with E-state index in [2.05, 4.69) is 4.74 Å². The molecule has 3 aromatic carbocycles. The second-order valence-corrected chi connectivity index (χ2v) is 7.84. The van der Waals surface area contributed by atoms with Crippen molar-refractivity contribution < 1.29 is 45.3 Å². The summed E-state index contributed by atoms with van der Waals surface area (Å²) >= 11 is 0. The number of hydrogen-bond acceptors (Lipinski definition) is 4. The van der Waals surface area contributed by atoms with E-state index in [0.717, 1.165) is 24.3 Å². The second-order valence-electron chi connectivity index (χ2n) is 7.84. The van der Waals surface area contributed by atoms with Gasteiger partial charge in [0.1, 0.15) is 17.2 Å². The average molecular weight is 523 g/mol. The highest BCUT2D eigenvalue weighted by Crippen LogP contribution is 2.34. The van der Waals surface area contributed by atoms with Crippen LogP contribution >= 0.6 is 0 Å². The maximum atomic E-state index is 12.8. The van der Waals surface area contributed by atoms with Crippen molar-refractivity contribution in [1.29, 1.82) is 0 Å². The summed E-state index contributed by atoms with van der Waals surface area (Å²) < 4.78 is 92.3. The molecule has 0 saturated carbocycles. The molecule has 0 fully saturated rings. The van der Waals surface area contributed by atoms with Crippen LogP contribution in [0.3, 0.4) is 0 Å². The first-order valence-electron chi connectivity index (χ1n) is 10.9. The van der Waals surface area contributed by atoms with Gasteiger partial charge in [0.05, 0.1) is 24.1 Å². The molecule has 0 saturated heterocycles. The zero-order chi connectivity index (χ0) is 26.8. The maximum absolute atomic E-state index is 12.8. The van der Waals surface area contributed by atoms with Crippen molar-refractivity contribution >= 4 is 16.9 Å². The minimum atomic E-state index is -4.83. The van der Waals surface area contributed by atoms with E-state index in [4.69, 9.17) is 9.47 Å². The number of benzene rings is 3. The second kappa shape index (κ2) is 10.1. The number of esters is 1. The summed E-state index contributed by atoms with van der Waals surface area (Å²) in [5, 5.41) is 0.624. The van der Waals surface area contributed by atoms with Gasteiger partial charge in [-0.3, -0.25) is 4.79 Å². The van der Waals surface area contributed by atoms with Gasteiger partial charge in [-0.15, -0.1) is 13.2 Å². The van der Waals surface area contributed by atoms with Gasteiger partial charge in [-0.1, -0.05) is 0 Å². The lowest BCUT2D eigenvalue weighted by atomic mass is 10.2. The number of fused-ring (bicyclic) bond motifs is 1. The Kier molecular flexibility index (Phi) is 7.06. The van der Waals surface area contributed by atoms with Crippen LogP contribution in [-0.4, -0.2) is 23.5 Å². The lowest BCUT2D eigenvalue weighted by Gasteiger charge is -2.13. The quantitative estimate of drug-likeness (QED) is 0.187. The van der Waals surface area contributed by atoms with Crippen LogP contribution < -0.4 is 9.47 Å². The van der Waals surface area contributed by atoms with Gasteiger partial charge in [-0.05, 0) is 79.7 Å². The van der Waals surface area contributed by atoms with Crippen LogP contribution in [0.4, 0.5) is 26.3 Å². The van der Waals surface area contributed by atoms with E-state index in [0.29, 0.717) is 28.0 Å². The molecule has 0 aliphatic rings. The summed E-state index contributed by atoms with van der Waals surface area (Å²) in [5.74, 6) is -0.364. The van der Waals surface area contributed by atoms with Gasteiger partial charge in [0, 0.05) is 16.8 Å². The van der Waals surface area contributed by atoms with Crippen LogP contribution in [0.2, 0.25) is 0 Å². The number of carbonyl (C=O) groups is 1. The third kappa shape index (κ3) is 6.35. The van der Waals surface area contributed by atoms with E-state index in [-0.39, 0.29) is 18.8 Å². The molecule has 194 valence electrons. The van der Waals surface area contributed by atoms with E-state index in [1.165, 1.54) is 24.3 Å². The van der Waals surface area contributed by atoms with Crippen molar-refractivity contribution in [2.75, 3.05) is 6.61 Å². The first-order chi connectivity index (χ1) is 17.4. The summed E-state index contributed by atoms with van der Waals surface area (Å²) in [6.07, 6.45) is -9.41. The zero-order valence-electron chi connectivity index (χ0n) is 19.2. The number of halogens is 6. The van der Waals surface area contributed by atoms with E-state index in [9.17, 15) is 31.1 Å². The fraction of sp³-hybridized carbons (Fsp3) is 0.192. The normalized spacial score (nSPS) is 12.0. The van der Waals surface area contributed by atoms with Gasteiger partial charge in [0.15, 0.2) is 0 Å². The molecule has 1 heterocycles. The number of nitrogens with zero attached hydrogens (tertiary/aromatic N) is 1. The molecule has 0 atom stereocenters. The number of alkyl halides is 6. The van der Waals surface area contributed by atoms with Crippen molar-refractivity contribution in [2.24, 2.45) is 0 Å². The van der Waals surface area contributed by atoms with E-state index in [1.54, 1.807) is 35.8 Å². The summed E-state index contributed by atoms with van der Waals surface area (Å²) in [6, 6.07) is 16.0. The number of rotatable bonds is 7. The molecular weight excluding hydrogens is 504 g/mol. The molecule has 5 nitrogen and oxygen atoms in total. The standard InChI is InChI=1S/C26H19F6NO4/c1-2-35-24(34)15-19-13-16-14-22(36-20-7-3-17(4-8-20)25(27,28)29)11-12-23(16)33(19)18-5-9-21(10-6-18)37-26(30,31)32/h3-14H,2,15H2,1H3. The van der Waals surface area contributed by atoms with Crippen LogP contribution in [0.1, 0.15) is 18.2 Å². The smallest absolute Gasteiger partial charge is 0.466 e. The molecule has 37 heavy (non-hydrogen) atoms. The van der Waals surface area contributed by atoms with Crippen molar-refractivity contribution in [1.82, 2.24) is 4.57 Å². The van der Waals surface area contributed by atoms with Crippen LogP contribution in [0.25, 0.3) is 16.6 Å². The summed E-state index contributed by atoms with van der Waals surface area (Å²) in [6.45, 7) is 1.84. The van der Waals surface area contributed by atoms with Crippen molar-refractivity contribution in [3.05, 3.63) is 84.1 Å². The lowest BCUT2D eigenvalue weighted by molar-refractivity contribution is -0.274. The lowest BCUT2D eigenvalue weighted by Crippen LogP contribution is -2.17.